The zero-order chi connectivity index (χ0) is 13.2. The summed E-state index contributed by atoms with van der Waals surface area (Å²) in [4.78, 5) is 24.9. The molecule has 1 aliphatic rings. The van der Waals surface area contributed by atoms with Gasteiger partial charge >= 0.3 is 5.97 Å². The van der Waals surface area contributed by atoms with Crippen LogP contribution in [-0.4, -0.2) is 40.0 Å². The predicted octanol–water partition coefficient (Wildman–Crippen LogP) is 0.825. The fraction of sp³-hybridized carbons (Fsp3) is 0.833. The molecule has 3 atom stereocenters. The zero-order valence-corrected chi connectivity index (χ0v) is 10.8. The van der Waals surface area contributed by atoms with Crippen molar-refractivity contribution in [1.82, 2.24) is 4.90 Å². The summed E-state index contributed by atoms with van der Waals surface area (Å²) < 4.78 is 0. The second-order valence-corrected chi connectivity index (χ2v) is 5.08. The van der Waals surface area contributed by atoms with Crippen molar-refractivity contribution in [1.29, 1.82) is 0 Å². The number of carboxylic acid groups (broad SMARTS) is 1. The monoisotopic (exact) mass is 242 g/mol. The van der Waals surface area contributed by atoms with E-state index in [-0.39, 0.29) is 11.8 Å². The first-order valence-electron chi connectivity index (χ1n) is 6.15. The Labute approximate surface area is 102 Å². The minimum atomic E-state index is -1.08. The number of amides is 1. The van der Waals surface area contributed by atoms with Gasteiger partial charge in [-0.2, -0.15) is 0 Å². The largest absolute Gasteiger partial charge is 0.480 e. The number of likely N-dealkylation sites (tertiary alicyclic amines) is 1. The molecule has 1 aliphatic heterocycles. The summed E-state index contributed by atoms with van der Waals surface area (Å²) in [6.45, 7) is 5.98. The molecular formula is C12H22N2O3. The van der Waals surface area contributed by atoms with Crippen molar-refractivity contribution in [3.05, 3.63) is 0 Å². The molecule has 0 aliphatic carbocycles. The number of nitrogens with zero attached hydrogens (tertiary/aromatic N) is 1. The van der Waals surface area contributed by atoms with Crippen LogP contribution >= 0.6 is 0 Å². The standard InChI is InChI=1S/C12H22N2O3/c1-4-8(2)9(13)10(15)14-7-5-6-12(14,3)11(16)17/h8-9H,4-7,13H2,1-3H3,(H,16,17)/t8?,9-,12?/m0/s1. The van der Waals surface area contributed by atoms with E-state index in [0.29, 0.717) is 13.0 Å². The van der Waals surface area contributed by atoms with Gasteiger partial charge in [0.15, 0.2) is 0 Å². The number of rotatable bonds is 4. The van der Waals surface area contributed by atoms with Crippen LogP contribution in [0.2, 0.25) is 0 Å². The van der Waals surface area contributed by atoms with Crippen LogP contribution in [0.15, 0.2) is 0 Å². The summed E-state index contributed by atoms with van der Waals surface area (Å²) in [5.74, 6) is -1.11. The first-order valence-corrected chi connectivity index (χ1v) is 6.15. The lowest BCUT2D eigenvalue weighted by Crippen LogP contribution is -2.56. The summed E-state index contributed by atoms with van der Waals surface area (Å²) in [6.07, 6.45) is 2.04. The van der Waals surface area contributed by atoms with Gasteiger partial charge in [0.25, 0.3) is 0 Å². The molecule has 1 heterocycles. The molecular weight excluding hydrogens is 220 g/mol. The minimum Gasteiger partial charge on any atom is -0.480 e. The molecule has 0 saturated carbocycles. The van der Waals surface area contributed by atoms with Crippen molar-refractivity contribution in [2.24, 2.45) is 11.7 Å². The quantitative estimate of drug-likeness (QED) is 0.764. The molecule has 2 unspecified atom stereocenters. The highest BCUT2D eigenvalue weighted by molar-refractivity contribution is 5.90. The van der Waals surface area contributed by atoms with Gasteiger partial charge in [0.1, 0.15) is 5.54 Å². The van der Waals surface area contributed by atoms with Crippen LogP contribution in [0, 0.1) is 5.92 Å². The van der Waals surface area contributed by atoms with Crippen LogP contribution in [0.3, 0.4) is 0 Å². The fourth-order valence-corrected chi connectivity index (χ4v) is 2.22. The smallest absolute Gasteiger partial charge is 0.329 e. The molecule has 1 fully saturated rings. The normalized spacial score (nSPS) is 27.9. The minimum absolute atomic E-state index is 0.0705. The highest BCUT2D eigenvalue weighted by Crippen LogP contribution is 2.30. The number of nitrogens with two attached hydrogens (primary N) is 1. The lowest BCUT2D eigenvalue weighted by molar-refractivity contribution is -0.156. The first kappa shape index (κ1) is 14.0. The topological polar surface area (TPSA) is 83.6 Å². The number of hydrogen-bond acceptors (Lipinski definition) is 3. The zero-order valence-electron chi connectivity index (χ0n) is 10.8. The van der Waals surface area contributed by atoms with E-state index in [2.05, 4.69) is 0 Å². The summed E-state index contributed by atoms with van der Waals surface area (Å²) in [5, 5.41) is 9.23. The SMILES string of the molecule is CCC(C)[C@H](N)C(=O)N1CCCC1(C)C(=O)O. The lowest BCUT2D eigenvalue weighted by atomic mass is 9.95. The Hall–Kier alpha value is -1.10. The Kier molecular flexibility index (Phi) is 4.14. The second-order valence-electron chi connectivity index (χ2n) is 5.08. The molecule has 0 radical (unpaired) electrons. The number of aliphatic carboxylic acids is 1. The average molecular weight is 242 g/mol. The summed E-state index contributed by atoms with van der Waals surface area (Å²) in [6, 6.07) is -0.600. The van der Waals surface area contributed by atoms with Gasteiger partial charge < -0.3 is 15.7 Å². The third kappa shape index (κ3) is 2.44. The molecule has 0 aromatic heterocycles. The second kappa shape index (κ2) is 5.04. The van der Waals surface area contributed by atoms with Crippen LogP contribution < -0.4 is 5.73 Å². The van der Waals surface area contributed by atoms with Gasteiger partial charge in [0, 0.05) is 6.54 Å². The molecule has 5 nitrogen and oxygen atoms in total. The van der Waals surface area contributed by atoms with Crippen molar-refractivity contribution in [3.8, 4) is 0 Å². The van der Waals surface area contributed by atoms with Gasteiger partial charge in [-0.25, -0.2) is 4.79 Å². The molecule has 0 aromatic carbocycles. The van der Waals surface area contributed by atoms with Gasteiger partial charge in [-0.15, -0.1) is 0 Å². The van der Waals surface area contributed by atoms with E-state index in [4.69, 9.17) is 5.73 Å². The Morgan fingerprint density at radius 2 is 2.12 bits per heavy atom. The molecule has 1 saturated heterocycles. The molecule has 5 heteroatoms. The van der Waals surface area contributed by atoms with E-state index in [1.807, 2.05) is 13.8 Å². The van der Waals surface area contributed by atoms with Crippen LogP contribution in [-0.2, 0) is 9.59 Å². The highest BCUT2D eigenvalue weighted by atomic mass is 16.4. The molecule has 0 bridgehead atoms. The van der Waals surface area contributed by atoms with Crippen molar-refractivity contribution in [2.45, 2.75) is 51.6 Å². The lowest BCUT2D eigenvalue weighted by Gasteiger charge is -2.34. The highest BCUT2D eigenvalue weighted by Gasteiger charge is 2.47. The number of carboxylic acids is 1. The van der Waals surface area contributed by atoms with E-state index in [1.54, 1.807) is 6.92 Å². The van der Waals surface area contributed by atoms with Crippen LogP contribution in [0.1, 0.15) is 40.0 Å². The maximum atomic E-state index is 12.2. The van der Waals surface area contributed by atoms with E-state index in [1.165, 1.54) is 4.90 Å². The Bertz CT molecular complexity index is 319. The molecule has 98 valence electrons. The first-order chi connectivity index (χ1) is 7.84. The Morgan fingerprint density at radius 3 is 2.59 bits per heavy atom. The number of hydrogen-bond donors (Lipinski definition) is 2. The van der Waals surface area contributed by atoms with Gasteiger partial charge in [-0.1, -0.05) is 20.3 Å². The molecule has 3 N–H and O–H groups in total. The number of carbonyl (C=O) groups is 2. The van der Waals surface area contributed by atoms with Gasteiger partial charge in [-0.05, 0) is 25.7 Å². The molecule has 1 rings (SSSR count). The summed E-state index contributed by atoms with van der Waals surface area (Å²) in [7, 11) is 0. The Morgan fingerprint density at radius 1 is 1.53 bits per heavy atom. The van der Waals surface area contributed by atoms with Crippen LogP contribution in [0.25, 0.3) is 0 Å². The van der Waals surface area contributed by atoms with Crippen molar-refractivity contribution < 1.29 is 14.7 Å². The van der Waals surface area contributed by atoms with E-state index < -0.39 is 17.6 Å². The third-order valence-electron chi connectivity index (χ3n) is 3.91. The predicted molar refractivity (Wildman–Crippen MR) is 64.4 cm³/mol. The van der Waals surface area contributed by atoms with Crippen molar-refractivity contribution in [3.63, 3.8) is 0 Å². The maximum Gasteiger partial charge on any atom is 0.329 e. The molecule has 0 aromatic rings. The average Bonchev–Trinajstić information content (AvgIpc) is 2.69. The van der Waals surface area contributed by atoms with Crippen molar-refractivity contribution in [2.75, 3.05) is 6.54 Å². The van der Waals surface area contributed by atoms with Crippen LogP contribution in [0.5, 0.6) is 0 Å². The summed E-state index contributed by atoms with van der Waals surface area (Å²) >= 11 is 0. The van der Waals surface area contributed by atoms with E-state index >= 15 is 0 Å². The van der Waals surface area contributed by atoms with E-state index in [9.17, 15) is 14.7 Å². The van der Waals surface area contributed by atoms with Crippen molar-refractivity contribution >= 4 is 11.9 Å². The summed E-state index contributed by atoms with van der Waals surface area (Å²) in [5.41, 5.74) is 4.81. The van der Waals surface area contributed by atoms with Crippen LogP contribution in [0.4, 0.5) is 0 Å². The fourth-order valence-electron chi connectivity index (χ4n) is 2.22. The Balaban J connectivity index is 2.85. The molecule has 0 spiro atoms. The third-order valence-corrected chi connectivity index (χ3v) is 3.91. The van der Waals surface area contributed by atoms with Gasteiger partial charge in [-0.3, -0.25) is 4.79 Å². The molecule has 1 amide bonds. The van der Waals surface area contributed by atoms with Gasteiger partial charge in [0.2, 0.25) is 5.91 Å². The van der Waals surface area contributed by atoms with Gasteiger partial charge in [0.05, 0.1) is 6.04 Å². The molecule has 17 heavy (non-hydrogen) atoms. The van der Waals surface area contributed by atoms with E-state index in [0.717, 1.165) is 12.8 Å². The number of carbonyl (C=O) groups excluding carboxylic acids is 1. The maximum absolute atomic E-state index is 12.2.